The molecule has 3 rings (SSSR count). The molecule has 98 valence electrons. The van der Waals surface area contributed by atoms with Gasteiger partial charge in [-0.3, -0.25) is 0 Å². The van der Waals surface area contributed by atoms with Gasteiger partial charge in [0, 0.05) is 4.88 Å². The van der Waals surface area contributed by atoms with Crippen molar-refractivity contribution in [3.63, 3.8) is 0 Å². The number of aromatic nitrogens is 3. The maximum atomic E-state index is 5.60. The highest BCUT2D eigenvalue weighted by Crippen LogP contribution is 2.21. The van der Waals surface area contributed by atoms with E-state index >= 15 is 0 Å². The number of thiazole rings is 1. The van der Waals surface area contributed by atoms with Crippen LogP contribution in [-0.2, 0) is 12.8 Å². The van der Waals surface area contributed by atoms with Crippen molar-refractivity contribution in [3.05, 3.63) is 45.7 Å². The van der Waals surface area contributed by atoms with Gasteiger partial charge in [0.1, 0.15) is 10.8 Å². The smallest absolute Gasteiger partial charge is 0.114 e. The SMILES string of the molecule is Cc1nc(Cc2nc3ccccc3[nH]2)sc1CCN. The van der Waals surface area contributed by atoms with Crippen molar-refractivity contribution in [3.8, 4) is 0 Å². The minimum Gasteiger partial charge on any atom is -0.342 e. The number of hydrogen-bond acceptors (Lipinski definition) is 4. The first kappa shape index (κ1) is 12.3. The van der Waals surface area contributed by atoms with E-state index in [1.54, 1.807) is 11.3 Å². The van der Waals surface area contributed by atoms with Gasteiger partial charge in [0.05, 0.1) is 23.1 Å². The average Bonchev–Trinajstić information content (AvgIpc) is 2.94. The molecule has 2 heterocycles. The summed E-state index contributed by atoms with van der Waals surface area (Å²) >= 11 is 1.74. The first-order valence-corrected chi connectivity index (χ1v) is 7.17. The molecule has 0 bridgehead atoms. The Kier molecular flexibility index (Phi) is 3.31. The van der Waals surface area contributed by atoms with Crippen LogP contribution in [0.4, 0.5) is 0 Å². The molecule has 1 aromatic carbocycles. The topological polar surface area (TPSA) is 67.6 Å². The Morgan fingerprint density at radius 3 is 2.89 bits per heavy atom. The number of benzene rings is 1. The highest BCUT2D eigenvalue weighted by atomic mass is 32.1. The van der Waals surface area contributed by atoms with Crippen molar-refractivity contribution >= 4 is 22.4 Å². The minimum atomic E-state index is 0.674. The van der Waals surface area contributed by atoms with E-state index in [9.17, 15) is 0 Å². The van der Waals surface area contributed by atoms with Gasteiger partial charge in [-0.2, -0.15) is 0 Å². The first-order chi connectivity index (χ1) is 9.26. The molecule has 0 saturated heterocycles. The number of H-pyrrole nitrogens is 1. The summed E-state index contributed by atoms with van der Waals surface area (Å²) in [5.74, 6) is 0.967. The number of rotatable bonds is 4. The second-order valence-corrected chi connectivity index (χ2v) is 5.70. The molecular weight excluding hydrogens is 256 g/mol. The van der Waals surface area contributed by atoms with Gasteiger partial charge in [-0.25, -0.2) is 9.97 Å². The molecule has 0 unspecified atom stereocenters. The van der Waals surface area contributed by atoms with Gasteiger partial charge < -0.3 is 10.7 Å². The summed E-state index contributed by atoms with van der Waals surface area (Å²) in [6, 6.07) is 8.07. The second kappa shape index (κ2) is 5.11. The van der Waals surface area contributed by atoms with Gasteiger partial charge in [-0.15, -0.1) is 11.3 Å². The summed E-state index contributed by atoms with van der Waals surface area (Å²) < 4.78 is 0. The van der Waals surface area contributed by atoms with Crippen LogP contribution in [0.15, 0.2) is 24.3 Å². The lowest BCUT2D eigenvalue weighted by molar-refractivity contribution is 0.962. The van der Waals surface area contributed by atoms with E-state index in [1.807, 2.05) is 31.2 Å². The van der Waals surface area contributed by atoms with Crippen LogP contribution in [0.2, 0.25) is 0 Å². The van der Waals surface area contributed by atoms with Gasteiger partial charge >= 0.3 is 0 Å². The maximum Gasteiger partial charge on any atom is 0.114 e. The normalized spacial score (nSPS) is 11.3. The van der Waals surface area contributed by atoms with Crippen LogP contribution in [-0.4, -0.2) is 21.5 Å². The fraction of sp³-hybridized carbons (Fsp3) is 0.286. The van der Waals surface area contributed by atoms with Gasteiger partial charge in [-0.1, -0.05) is 12.1 Å². The molecule has 0 aliphatic carbocycles. The Labute approximate surface area is 115 Å². The number of para-hydroxylation sites is 2. The molecule has 0 aliphatic rings. The van der Waals surface area contributed by atoms with Gasteiger partial charge in [-0.05, 0) is 32.0 Å². The number of nitrogens with zero attached hydrogens (tertiary/aromatic N) is 2. The molecule has 0 fully saturated rings. The second-order valence-electron chi connectivity index (χ2n) is 4.53. The van der Waals surface area contributed by atoms with Crippen LogP contribution in [0.25, 0.3) is 11.0 Å². The third kappa shape index (κ3) is 2.52. The largest absolute Gasteiger partial charge is 0.342 e. The zero-order valence-electron chi connectivity index (χ0n) is 10.8. The summed E-state index contributed by atoms with van der Waals surface area (Å²) in [6.07, 6.45) is 1.66. The maximum absolute atomic E-state index is 5.60. The minimum absolute atomic E-state index is 0.674. The Morgan fingerprint density at radius 2 is 2.11 bits per heavy atom. The monoisotopic (exact) mass is 272 g/mol. The van der Waals surface area contributed by atoms with Gasteiger partial charge in [0.15, 0.2) is 0 Å². The summed E-state index contributed by atoms with van der Waals surface area (Å²) in [7, 11) is 0. The van der Waals surface area contributed by atoms with E-state index in [2.05, 4.69) is 15.0 Å². The number of aryl methyl sites for hydroxylation is 1. The van der Waals surface area contributed by atoms with E-state index in [1.165, 1.54) is 4.88 Å². The van der Waals surface area contributed by atoms with Gasteiger partial charge in [0.2, 0.25) is 0 Å². The summed E-state index contributed by atoms with van der Waals surface area (Å²) in [6.45, 7) is 2.72. The van der Waals surface area contributed by atoms with Crippen LogP contribution < -0.4 is 5.73 Å². The molecule has 0 atom stereocenters. The predicted molar refractivity (Wildman–Crippen MR) is 78.5 cm³/mol. The van der Waals surface area contributed by atoms with Gasteiger partial charge in [0.25, 0.3) is 0 Å². The fourth-order valence-corrected chi connectivity index (χ4v) is 3.25. The van der Waals surface area contributed by atoms with Crippen molar-refractivity contribution in [2.24, 2.45) is 5.73 Å². The van der Waals surface area contributed by atoms with Crippen molar-refractivity contribution in [1.82, 2.24) is 15.0 Å². The number of nitrogens with one attached hydrogen (secondary N) is 1. The summed E-state index contributed by atoms with van der Waals surface area (Å²) in [5, 5.41) is 1.10. The van der Waals surface area contributed by atoms with Crippen molar-refractivity contribution in [1.29, 1.82) is 0 Å². The van der Waals surface area contributed by atoms with Crippen LogP contribution >= 0.6 is 11.3 Å². The van der Waals surface area contributed by atoms with Crippen LogP contribution in [0.3, 0.4) is 0 Å². The molecule has 2 aromatic heterocycles. The van der Waals surface area contributed by atoms with Crippen molar-refractivity contribution in [2.45, 2.75) is 19.8 Å². The van der Waals surface area contributed by atoms with E-state index < -0.39 is 0 Å². The number of imidazole rings is 1. The number of aromatic amines is 1. The lowest BCUT2D eigenvalue weighted by Crippen LogP contribution is -2.01. The van der Waals surface area contributed by atoms with E-state index in [-0.39, 0.29) is 0 Å². The van der Waals surface area contributed by atoms with E-state index in [4.69, 9.17) is 5.73 Å². The number of hydrogen-bond donors (Lipinski definition) is 2. The first-order valence-electron chi connectivity index (χ1n) is 6.35. The lowest BCUT2D eigenvalue weighted by atomic mass is 10.3. The molecular formula is C14H16N4S. The third-order valence-electron chi connectivity index (χ3n) is 3.07. The highest BCUT2D eigenvalue weighted by molar-refractivity contribution is 7.11. The molecule has 0 amide bonds. The predicted octanol–water partition coefficient (Wildman–Crippen LogP) is 2.42. The van der Waals surface area contributed by atoms with E-state index in [0.29, 0.717) is 6.54 Å². The molecule has 0 aliphatic heterocycles. The van der Waals surface area contributed by atoms with Crippen molar-refractivity contribution < 1.29 is 0 Å². The standard InChI is InChI=1S/C14H16N4S/c1-9-12(6-7-15)19-14(16-9)8-13-17-10-4-2-3-5-11(10)18-13/h2-5H,6-8,15H2,1H3,(H,17,18). The zero-order valence-corrected chi connectivity index (χ0v) is 11.6. The number of nitrogens with two attached hydrogens (primary N) is 1. The summed E-state index contributed by atoms with van der Waals surface area (Å²) in [5.41, 5.74) is 8.79. The van der Waals surface area contributed by atoms with Crippen LogP contribution in [0.1, 0.15) is 21.4 Å². The highest BCUT2D eigenvalue weighted by Gasteiger charge is 2.09. The molecule has 19 heavy (non-hydrogen) atoms. The quantitative estimate of drug-likeness (QED) is 0.766. The Balaban J connectivity index is 1.86. The van der Waals surface area contributed by atoms with Crippen LogP contribution in [0.5, 0.6) is 0 Å². The van der Waals surface area contributed by atoms with Crippen molar-refractivity contribution in [2.75, 3.05) is 6.54 Å². The molecule has 0 spiro atoms. The summed E-state index contributed by atoms with van der Waals surface area (Å²) in [4.78, 5) is 13.8. The van der Waals surface area contributed by atoms with E-state index in [0.717, 1.165) is 40.4 Å². The fourth-order valence-electron chi connectivity index (χ4n) is 2.16. The Morgan fingerprint density at radius 1 is 1.26 bits per heavy atom. The Hall–Kier alpha value is -1.72. The molecule has 0 saturated carbocycles. The van der Waals surface area contributed by atoms with Crippen LogP contribution in [0, 0.1) is 6.92 Å². The lowest BCUT2D eigenvalue weighted by Gasteiger charge is -1.91. The average molecular weight is 272 g/mol. The molecule has 3 N–H and O–H groups in total. The third-order valence-corrected chi connectivity index (χ3v) is 4.28. The molecule has 4 nitrogen and oxygen atoms in total. The molecule has 5 heteroatoms. The Bertz CT molecular complexity index is 665. The molecule has 3 aromatic rings. The molecule has 0 radical (unpaired) electrons. The number of fused-ring (bicyclic) bond motifs is 1. The zero-order chi connectivity index (χ0) is 13.2.